The lowest BCUT2D eigenvalue weighted by molar-refractivity contribution is 0.330. The molecule has 1 aliphatic rings. The molecular weight excluding hydrogens is 198 g/mol. The van der Waals surface area contributed by atoms with E-state index in [2.05, 4.69) is 30.4 Å². The third-order valence-corrected chi connectivity index (χ3v) is 3.20. The first kappa shape index (κ1) is 11.5. The van der Waals surface area contributed by atoms with Gasteiger partial charge in [0.15, 0.2) is 0 Å². The van der Waals surface area contributed by atoms with Crippen molar-refractivity contribution in [3.8, 4) is 5.75 Å². The summed E-state index contributed by atoms with van der Waals surface area (Å²) in [6.45, 7) is 4.91. The Kier molecular flexibility index (Phi) is 3.49. The van der Waals surface area contributed by atoms with Crippen molar-refractivity contribution in [2.45, 2.75) is 32.7 Å². The molecule has 0 bridgehead atoms. The lowest BCUT2D eigenvalue weighted by Crippen LogP contribution is -2.19. The molecule has 1 aliphatic carbocycles. The van der Waals surface area contributed by atoms with Crippen LogP contribution in [-0.2, 0) is 0 Å². The molecular formula is C14H21NO. The van der Waals surface area contributed by atoms with Crippen molar-refractivity contribution in [3.05, 3.63) is 29.3 Å². The van der Waals surface area contributed by atoms with Crippen LogP contribution in [0.2, 0.25) is 0 Å². The van der Waals surface area contributed by atoms with E-state index in [4.69, 9.17) is 4.74 Å². The van der Waals surface area contributed by atoms with Crippen LogP contribution in [0, 0.1) is 12.8 Å². The third-order valence-electron chi connectivity index (χ3n) is 3.20. The second-order valence-electron chi connectivity index (χ2n) is 4.58. The molecule has 0 amide bonds. The van der Waals surface area contributed by atoms with E-state index in [1.54, 1.807) is 0 Å². The molecule has 1 saturated carbocycles. The Morgan fingerprint density at radius 3 is 2.75 bits per heavy atom. The number of aryl methyl sites for hydroxylation is 1. The normalized spacial score (nSPS) is 17.2. The van der Waals surface area contributed by atoms with Crippen molar-refractivity contribution in [1.82, 2.24) is 5.32 Å². The van der Waals surface area contributed by atoms with Gasteiger partial charge in [-0.2, -0.15) is 0 Å². The Labute approximate surface area is 98.0 Å². The van der Waals surface area contributed by atoms with Crippen molar-refractivity contribution in [2.75, 3.05) is 13.7 Å². The van der Waals surface area contributed by atoms with Crippen LogP contribution < -0.4 is 10.1 Å². The lowest BCUT2D eigenvalue weighted by atomic mass is 9.99. The maximum atomic E-state index is 5.71. The predicted molar refractivity (Wildman–Crippen MR) is 66.9 cm³/mol. The second-order valence-corrected chi connectivity index (χ2v) is 4.58. The van der Waals surface area contributed by atoms with E-state index in [0.717, 1.165) is 18.3 Å². The van der Waals surface area contributed by atoms with Gasteiger partial charge in [0.05, 0.1) is 6.61 Å². The zero-order valence-corrected chi connectivity index (χ0v) is 10.4. The van der Waals surface area contributed by atoms with Gasteiger partial charge < -0.3 is 10.1 Å². The highest BCUT2D eigenvalue weighted by Gasteiger charge is 2.32. The van der Waals surface area contributed by atoms with Crippen molar-refractivity contribution in [3.63, 3.8) is 0 Å². The maximum Gasteiger partial charge on any atom is 0.124 e. The summed E-state index contributed by atoms with van der Waals surface area (Å²) in [6, 6.07) is 6.93. The Bertz CT molecular complexity index is 358. The smallest absolute Gasteiger partial charge is 0.124 e. The lowest BCUT2D eigenvalue weighted by Gasteiger charge is -2.20. The fourth-order valence-corrected chi connectivity index (χ4v) is 2.27. The van der Waals surface area contributed by atoms with Gasteiger partial charge in [-0.15, -0.1) is 0 Å². The standard InChI is InChI=1S/C14H21NO/c1-4-16-13-8-5-10(2)9-12(13)14(15-3)11-6-7-11/h5,8-9,11,14-15H,4,6-7H2,1-3H3. The molecule has 1 fully saturated rings. The number of rotatable bonds is 5. The number of hydrogen-bond donors (Lipinski definition) is 1. The first-order valence-electron chi connectivity index (χ1n) is 6.17. The van der Waals surface area contributed by atoms with E-state index < -0.39 is 0 Å². The molecule has 16 heavy (non-hydrogen) atoms. The first-order chi connectivity index (χ1) is 7.76. The molecule has 0 heterocycles. The minimum atomic E-state index is 0.460. The van der Waals surface area contributed by atoms with E-state index in [-0.39, 0.29) is 0 Å². The van der Waals surface area contributed by atoms with Crippen LogP contribution in [0.4, 0.5) is 0 Å². The molecule has 1 aromatic rings. The highest BCUT2D eigenvalue weighted by atomic mass is 16.5. The van der Waals surface area contributed by atoms with E-state index in [1.807, 2.05) is 14.0 Å². The Morgan fingerprint density at radius 2 is 2.19 bits per heavy atom. The van der Waals surface area contributed by atoms with Gasteiger partial charge in [-0.25, -0.2) is 0 Å². The first-order valence-corrected chi connectivity index (χ1v) is 6.17. The van der Waals surface area contributed by atoms with Crippen LogP contribution in [0.15, 0.2) is 18.2 Å². The SMILES string of the molecule is CCOc1ccc(C)cc1C(NC)C1CC1. The van der Waals surface area contributed by atoms with Crippen LogP contribution in [0.1, 0.15) is 36.9 Å². The number of hydrogen-bond acceptors (Lipinski definition) is 2. The summed E-state index contributed by atoms with van der Waals surface area (Å²) < 4.78 is 5.71. The van der Waals surface area contributed by atoms with Crippen LogP contribution >= 0.6 is 0 Å². The molecule has 0 spiro atoms. The monoisotopic (exact) mass is 219 g/mol. The van der Waals surface area contributed by atoms with E-state index in [1.165, 1.54) is 24.0 Å². The van der Waals surface area contributed by atoms with Gasteiger partial charge in [-0.05, 0) is 45.7 Å². The topological polar surface area (TPSA) is 21.3 Å². The largest absolute Gasteiger partial charge is 0.494 e. The summed E-state index contributed by atoms with van der Waals surface area (Å²) in [5.74, 6) is 1.84. The summed E-state index contributed by atoms with van der Waals surface area (Å²) in [5, 5.41) is 3.43. The molecule has 1 aromatic carbocycles. The molecule has 1 unspecified atom stereocenters. The van der Waals surface area contributed by atoms with Gasteiger partial charge in [0.2, 0.25) is 0 Å². The molecule has 0 radical (unpaired) electrons. The molecule has 2 nitrogen and oxygen atoms in total. The highest BCUT2D eigenvalue weighted by molar-refractivity contribution is 5.40. The molecule has 88 valence electrons. The van der Waals surface area contributed by atoms with Crippen LogP contribution in [0.25, 0.3) is 0 Å². The van der Waals surface area contributed by atoms with Crippen molar-refractivity contribution >= 4 is 0 Å². The number of ether oxygens (including phenoxy) is 1. The van der Waals surface area contributed by atoms with Gasteiger partial charge >= 0.3 is 0 Å². The van der Waals surface area contributed by atoms with Crippen molar-refractivity contribution in [2.24, 2.45) is 5.92 Å². The fourth-order valence-electron chi connectivity index (χ4n) is 2.27. The summed E-state index contributed by atoms with van der Waals surface area (Å²) in [4.78, 5) is 0. The summed E-state index contributed by atoms with van der Waals surface area (Å²) in [6.07, 6.45) is 2.68. The number of benzene rings is 1. The van der Waals surface area contributed by atoms with Crippen LogP contribution in [0.3, 0.4) is 0 Å². The van der Waals surface area contributed by atoms with Gasteiger partial charge in [0.25, 0.3) is 0 Å². The van der Waals surface area contributed by atoms with Gasteiger partial charge in [0, 0.05) is 11.6 Å². The maximum absolute atomic E-state index is 5.71. The fraction of sp³-hybridized carbons (Fsp3) is 0.571. The Morgan fingerprint density at radius 1 is 1.44 bits per heavy atom. The molecule has 0 saturated heterocycles. The summed E-state index contributed by atoms with van der Waals surface area (Å²) in [7, 11) is 2.04. The summed E-state index contributed by atoms with van der Waals surface area (Å²) >= 11 is 0. The molecule has 1 atom stereocenters. The van der Waals surface area contributed by atoms with E-state index in [9.17, 15) is 0 Å². The van der Waals surface area contributed by atoms with Gasteiger partial charge in [-0.1, -0.05) is 17.7 Å². The average Bonchev–Trinajstić information content (AvgIpc) is 3.07. The Hall–Kier alpha value is -1.02. The molecule has 1 N–H and O–H groups in total. The van der Waals surface area contributed by atoms with Gasteiger partial charge in [0.1, 0.15) is 5.75 Å². The zero-order chi connectivity index (χ0) is 11.5. The molecule has 0 aliphatic heterocycles. The predicted octanol–water partition coefficient (Wildman–Crippen LogP) is 3.06. The minimum absolute atomic E-state index is 0.460. The Balaban J connectivity index is 2.30. The van der Waals surface area contributed by atoms with Crippen LogP contribution in [0.5, 0.6) is 5.75 Å². The molecule has 0 aromatic heterocycles. The van der Waals surface area contributed by atoms with Crippen LogP contribution in [-0.4, -0.2) is 13.7 Å². The highest BCUT2D eigenvalue weighted by Crippen LogP contribution is 2.43. The zero-order valence-electron chi connectivity index (χ0n) is 10.4. The average molecular weight is 219 g/mol. The minimum Gasteiger partial charge on any atom is -0.494 e. The quantitative estimate of drug-likeness (QED) is 0.821. The van der Waals surface area contributed by atoms with Crippen molar-refractivity contribution in [1.29, 1.82) is 0 Å². The second kappa shape index (κ2) is 4.88. The van der Waals surface area contributed by atoms with Crippen molar-refractivity contribution < 1.29 is 4.74 Å². The summed E-state index contributed by atoms with van der Waals surface area (Å²) in [5.41, 5.74) is 2.63. The molecule has 2 heteroatoms. The third kappa shape index (κ3) is 2.38. The molecule has 2 rings (SSSR count). The van der Waals surface area contributed by atoms with Gasteiger partial charge in [-0.3, -0.25) is 0 Å². The number of nitrogens with one attached hydrogen (secondary N) is 1. The van der Waals surface area contributed by atoms with E-state index >= 15 is 0 Å². The van der Waals surface area contributed by atoms with E-state index in [0.29, 0.717) is 6.04 Å².